The Hall–Kier alpha value is -2.21. The van der Waals surface area contributed by atoms with Gasteiger partial charge < -0.3 is 0 Å². The normalized spacial score (nSPS) is 11.2. The van der Waals surface area contributed by atoms with Crippen LogP contribution in [0.15, 0.2) is 53.7 Å². The number of aromatic nitrogens is 3. The maximum absolute atomic E-state index is 13.2. The first kappa shape index (κ1) is 15.7. The fourth-order valence-corrected chi connectivity index (χ4v) is 2.97. The van der Waals surface area contributed by atoms with Gasteiger partial charge in [-0.15, -0.1) is 10.2 Å². The monoisotopic (exact) mass is 331 g/mol. The summed E-state index contributed by atoms with van der Waals surface area (Å²) in [5.74, 6) is -0.0126. The molecule has 0 aliphatic rings. The van der Waals surface area contributed by atoms with Gasteiger partial charge in [0.1, 0.15) is 11.6 Å². The molecule has 3 nitrogen and oxygen atoms in total. The molecule has 0 amide bonds. The molecule has 0 N–H and O–H groups in total. The van der Waals surface area contributed by atoms with Crippen molar-refractivity contribution in [2.75, 3.05) is 0 Å². The molecule has 0 radical (unpaired) electrons. The van der Waals surface area contributed by atoms with Gasteiger partial charge in [-0.05, 0) is 48.5 Å². The van der Waals surface area contributed by atoms with Crippen molar-refractivity contribution in [3.8, 4) is 17.1 Å². The smallest absolute Gasteiger partial charge is 0.196 e. The van der Waals surface area contributed by atoms with E-state index in [1.165, 1.54) is 24.3 Å². The van der Waals surface area contributed by atoms with Crippen molar-refractivity contribution in [1.82, 2.24) is 14.8 Å². The maximum atomic E-state index is 13.2. The number of benzene rings is 2. The van der Waals surface area contributed by atoms with E-state index in [2.05, 4.69) is 24.0 Å². The van der Waals surface area contributed by atoms with Crippen molar-refractivity contribution in [2.24, 2.45) is 0 Å². The first-order chi connectivity index (χ1) is 11.0. The second-order valence-electron chi connectivity index (χ2n) is 5.29. The highest BCUT2D eigenvalue weighted by molar-refractivity contribution is 7.99. The second kappa shape index (κ2) is 6.50. The number of nitrogens with zero attached hydrogens (tertiary/aromatic N) is 3. The van der Waals surface area contributed by atoms with E-state index in [1.54, 1.807) is 36.0 Å². The summed E-state index contributed by atoms with van der Waals surface area (Å²) in [6, 6.07) is 12.2. The molecule has 118 valence electrons. The second-order valence-corrected chi connectivity index (χ2v) is 6.84. The van der Waals surface area contributed by atoms with E-state index in [0.717, 1.165) is 11.3 Å². The van der Waals surface area contributed by atoms with Gasteiger partial charge in [0.15, 0.2) is 11.0 Å². The lowest BCUT2D eigenvalue weighted by Gasteiger charge is -2.11. The number of hydrogen-bond donors (Lipinski definition) is 0. The lowest BCUT2D eigenvalue weighted by molar-refractivity contribution is 0.626. The van der Waals surface area contributed by atoms with E-state index in [9.17, 15) is 8.78 Å². The van der Waals surface area contributed by atoms with Crippen LogP contribution in [-0.4, -0.2) is 20.0 Å². The minimum Gasteiger partial charge on any atom is -0.270 e. The Balaban J connectivity index is 2.14. The van der Waals surface area contributed by atoms with Gasteiger partial charge in [-0.3, -0.25) is 4.57 Å². The van der Waals surface area contributed by atoms with Crippen molar-refractivity contribution in [3.63, 3.8) is 0 Å². The zero-order chi connectivity index (χ0) is 16.4. The summed E-state index contributed by atoms with van der Waals surface area (Å²) in [5, 5.41) is 9.52. The molecule has 23 heavy (non-hydrogen) atoms. The summed E-state index contributed by atoms with van der Waals surface area (Å²) < 4.78 is 28.2. The summed E-state index contributed by atoms with van der Waals surface area (Å²) in [6.07, 6.45) is 0. The van der Waals surface area contributed by atoms with Crippen LogP contribution in [0.3, 0.4) is 0 Å². The van der Waals surface area contributed by atoms with Crippen LogP contribution >= 0.6 is 11.8 Å². The minimum atomic E-state index is -0.307. The third-order valence-corrected chi connectivity index (χ3v) is 4.11. The molecule has 0 saturated carbocycles. The summed E-state index contributed by atoms with van der Waals surface area (Å²) >= 11 is 1.56. The molecule has 0 saturated heterocycles. The molecule has 0 fully saturated rings. The van der Waals surface area contributed by atoms with Crippen LogP contribution in [0.25, 0.3) is 17.1 Å². The molecule has 6 heteroatoms. The van der Waals surface area contributed by atoms with E-state index in [-0.39, 0.29) is 11.6 Å². The van der Waals surface area contributed by atoms with E-state index in [0.29, 0.717) is 16.2 Å². The van der Waals surface area contributed by atoms with Crippen LogP contribution in [0.2, 0.25) is 0 Å². The number of hydrogen-bond acceptors (Lipinski definition) is 3. The highest BCUT2D eigenvalue weighted by atomic mass is 32.2. The Morgan fingerprint density at radius 3 is 2.00 bits per heavy atom. The largest absolute Gasteiger partial charge is 0.270 e. The van der Waals surface area contributed by atoms with Crippen LogP contribution in [0.1, 0.15) is 13.8 Å². The first-order valence-corrected chi connectivity index (χ1v) is 8.06. The van der Waals surface area contributed by atoms with Crippen molar-refractivity contribution >= 4 is 11.8 Å². The van der Waals surface area contributed by atoms with Crippen molar-refractivity contribution in [3.05, 3.63) is 60.2 Å². The Morgan fingerprint density at radius 1 is 0.870 bits per heavy atom. The number of thioether (sulfide) groups is 1. The number of rotatable bonds is 4. The standard InChI is InChI=1S/C17H15F2N3S/c1-11(2)23-17-21-20-16(12-3-5-13(18)6-4-12)22(17)15-9-7-14(19)8-10-15/h3-11H,1-2H3. The SMILES string of the molecule is CC(C)Sc1nnc(-c2ccc(F)cc2)n1-c1ccc(F)cc1. The molecule has 2 aromatic carbocycles. The summed E-state index contributed by atoms with van der Waals surface area (Å²) in [4.78, 5) is 0. The minimum absolute atomic E-state index is 0.303. The van der Waals surface area contributed by atoms with Gasteiger partial charge in [0.05, 0.1) is 0 Å². The quantitative estimate of drug-likeness (QED) is 0.649. The predicted molar refractivity (Wildman–Crippen MR) is 87.7 cm³/mol. The van der Waals surface area contributed by atoms with Gasteiger partial charge in [0.2, 0.25) is 0 Å². The van der Waals surface area contributed by atoms with Crippen LogP contribution in [0.4, 0.5) is 8.78 Å². The van der Waals surface area contributed by atoms with E-state index in [4.69, 9.17) is 0 Å². The molecule has 1 heterocycles. The van der Waals surface area contributed by atoms with Gasteiger partial charge >= 0.3 is 0 Å². The van der Waals surface area contributed by atoms with E-state index >= 15 is 0 Å². The fraction of sp³-hybridized carbons (Fsp3) is 0.176. The van der Waals surface area contributed by atoms with Gasteiger partial charge in [0.25, 0.3) is 0 Å². The average Bonchev–Trinajstić information content (AvgIpc) is 2.92. The molecule has 3 rings (SSSR count). The predicted octanol–water partition coefficient (Wildman–Crippen LogP) is 4.71. The molecule has 0 aliphatic heterocycles. The summed E-state index contributed by atoms with van der Waals surface area (Å²) in [5.41, 5.74) is 1.51. The highest BCUT2D eigenvalue weighted by Gasteiger charge is 2.17. The van der Waals surface area contributed by atoms with Crippen LogP contribution in [-0.2, 0) is 0 Å². The van der Waals surface area contributed by atoms with Crippen molar-refractivity contribution in [1.29, 1.82) is 0 Å². The van der Waals surface area contributed by atoms with Gasteiger partial charge in [0, 0.05) is 16.5 Å². The van der Waals surface area contributed by atoms with Crippen LogP contribution in [0.5, 0.6) is 0 Å². The Bertz CT molecular complexity index is 796. The first-order valence-electron chi connectivity index (χ1n) is 7.18. The zero-order valence-electron chi connectivity index (χ0n) is 12.7. The number of halogens is 2. The third-order valence-electron chi connectivity index (χ3n) is 3.16. The molecule has 0 atom stereocenters. The Kier molecular flexibility index (Phi) is 4.43. The lowest BCUT2D eigenvalue weighted by atomic mass is 10.2. The van der Waals surface area contributed by atoms with E-state index < -0.39 is 0 Å². The molecule has 3 aromatic rings. The molecule has 0 spiro atoms. The van der Waals surface area contributed by atoms with Crippen molar-refractivity contribution in [2.45, 2.75) is 24.3 Å². The Morgan fingerprint density at radius 2 is 1.43 bits per heavy atom. The molecular formula is C17H15F2N3S. The summed E-state index contributed by atoms with van der Waals surface area (Å²) in [7, 11) is 0. The topological polar surface area (TPSA) is 30.7 Å². The maximum Gasteiger partial charge on any atom is 0.196 e. The molecule has 1 aromatic heterocycles. The van der Waals surface area contributed by atoms with Gasteiger partial charge in [-0.1, -0.05) is 25.6 Å². The third kappa shape index (κ3) is 3.42. The highest BCUT2D eigenvalue weighted by Crippen LogP contribution is 2.30. The van der Waals surface area contributed by atoms with Crippen LogP contribution in [0, 0.1) is 11.6 Å². The van der Waals surface area contributed by atoms with Gasteiger partial charge in [-0.2, -0.15) is 0 Å². The zero-order valence-corrected chi connectivity index (χ0v) is 13.5. The molecule has 0 aliphatic carbocycles. The molecule has 0 unspecified atom stereocenters. The van der Waals surface area contributed by atoms with Crippen LogP contribution < -0.4 is 0 Å². The van der Waals surface area contributed by atoms with Crippen molar-refractivity contribution < 1.29 is 8.78 Å². The lowest BCUT2D eigenvalue weighted by Crippen LogP contribution is -2.01. The summed E-state index contributed by atoms with van der Waals surface area (Å²) in [6.45, 7) is 4.12. The van der Waals surface area contributed by atoms with E-state index in [1.807, 2.05) is 4.57 Å². The van der Waals surface area contributed by atoms with Gasteiger partial charge in [-0.25, -0.2) is 8.78 Å². The average molecular weight is 331 g/mol. The molecular weight excluding hydrogens is 316 g/mol. The Labute approximate surface area is 137 Å². The molecule has 0 bridgehead atoms. The fourth-order valence-electron chi connectivity index (χ4n) is 2.17.